The van der Waals surface area contributed by atoms with E-state index < -0.39 is 5.97 Å². The zero-order chi connectivity index (χ0) is 23.3. The fourth-order valence-corrected chi connectivity index (χ4v) is 7.79. The van der Waals surface area contributed by atoms with Crippen molar-refractivity contribution in [2.45, 2.75) is 108 Å². The lowest BCUT2D eigenvalue weighted by Gasteiger charge is -2.81. The normalized spacial score (nSPS) is 32.0. The average Bonchev–Trinajstić information content (AvgIpc) is 2.81. The highest BCUT2D eigenvalue weighted by atomic mass is 16.5. The molecule has 3 saturated carbocycles. The number of rotatable bonds is 4. The number of ether oxygens (including phenoxy) is 1. The molecule has 2 heterocycles. The molecule has 4 aliphatic rings. The first-order chi connectivity index (χ1) is 16.7. The minimum Gasteiger partial charge on any atom is -0.461 e. The smallest absolute Gasteiger partial charge is 0.362 e. The Morgan fingerprint density at radius 1 is 1.00 bits per heavy atom. The fraction of sp³-hybridized carbons (Fsp3) is 0.679. The highest BCUT2D eigenvalue weighted by Gasteiger charge is 2.76. The van der Waals surface area contributed by atoms with E-state index in [-0.39, 0.29) is 29.3 Å². The van der Waals surface area contributed by atoms with E-state index in [1.165, 1.54) is 70.6 Å². The van der Waals surface area contributed by atoms with Gasteiger partial charge in [0.1, 0.15) is 0 Å². The number of aromatic nitrogens is 2. The molecule has 6 heteroatoms. The van der Waals surface area contributed by atoms with Crippen LogP contribution < -0.4 is 5.56 Å². The number of para-hydroxylation sites is 2. The molecule has 182 valence electrons. The number of hydrogen-bond acceptors (Lipinski definition) is 5. The van der Waals surface area contributed by atoms with Gasteiger partial charge in [-0.1, -0.05) is 57.1 Å². The molecule has 4 fully saturated rings. The van der Waals surface area contributed by atoms with Crippen molar-refractivity contribution in [3.05, 3.63) is 40.3 Å². The summed E-state index contributed by atoms with van der Waals surface area (Å²) in [5.74, 6) is -0.609. The molecule has 3 aliphatic carbocycles. The van der Waals surface area contributed by atoms with Gasteiger partial charge < -0.3 is 9.30 Å². The average molecular weight is 464 g/mol. The highest BCUT2D eigenvalue weighted by molar-refractivity contribution is 5.89. The van der Waals surface area contributed by atoms with Crippen LogP contribution in [0.25, 0.3) is 11.0 Å². The molecule has 34 heavy (non-hydrogen) atoms. The molecule has 1 unspecified atom stereocenters. The Balaban J connectivity index is 1.31. The number of piperidine rings is 2. The standard InChI is InChI=1S/C28H37N3O3/c1-2-34-27(33)25-26(32)31(21-15-11-10-14-20(21)29-25)24-18-23-28(24)17-16-22(28)30(23)19-12-8-6-4-3-5-7-9-13-19/h10-11,14-15,19,22-24H,2-9,12-13,16-18H2,1H3/t22-,23-,24-,28?/m1/s1. The Bertz CT molecular complexity index is 1130. The van der Waals surface area contributed by atoms with Gasteiger partial charge in [-0.3, -0.25) is 9.69 Å². The summed E-state index contributed by atoms with van der Waals surface area (Å²) >= 11 is 0. The predicted molar refractivity (Wildman–Crippen MR) is 132 cm³/mol. The van der Waals surface area contributed by atoms with Gasteiger partial charge in [-0.25, -0.2) is 9.78 Å². The molecule has 1 saturated heterocycles. The topological polar surface area (TPSA) is 64.4 Å². The lowest BCUT2D eigenvalue weighted by molar-refractivity contribution is -0.308. The van der Waals surface area contributed by atoms with Crippen molar-refractivity contribution >= 4 is 17.0 Å². The second kappa shape index (κ2) is 8.78. The van der Waals surface area contributed by atoms with Gasteiger partial charge >= 0.3 is 5.97 Å². The minimum atomic E-state index is -0.609. The quantitative estimate of drug-likeness (QED) is 0.580. The van der Waals surface area contributed by atoms with E-state index in [0.29, 0.717) is 23.6 Å². The molecule has 4 atom stereocenters. The molecular weight excluding hydrogens is 426 g/mol. The van der Waals surface area contributed by atoms with Crippen molar-refractivity contribution < 1.29 is 9.53 Å². The van der Waals surface area contributed by atoms with Gasteiger partial charge in [-0.05, 0) is 51.2 Å². The number of esters is 1. The molecule has 0 amide bonds. The van der Waals surface area contributed by atoms with Crippen LogP contribution in [0, 0.1) is 5.41 Å². The number of hydrogen-bond donors (Lipinski definition) is 0. The SMILES string of the molecule is CCOC(=O)c1nc2ccccc2n([C@@H]2C[C@H]3N(C4CCCCCCCCC4)[C@@H]4CCC432)c1=O. The largest absolute Gasteiger partial charge is 0.461 e. The summed E-state index contributed by atoms with van der Waals surface area (Å²) in [6, 6.07) is 9.80. The van der Waals surface area contributed by atoms with Crippen molar-refractivity contribution in [3.8, 4) is 0 Å². The monoisotopic (exact) mass is 463 g/mol. The van der Waals surface area contributed by atoms with Crippen LogP contribution in [0.1, 0.15) is 101 Å². The lowest BCUT2D eigenvalue weighted by atomic mass is 9.39. The van der Waals surface area contributed by atoms with Crippen LogP contribution in [0.2, 0.25) is 0 Å². The second-order valence-corrected chi connectivity index (χ2v) is 10.9. The molecule has 2 aromatic rings. The fourth-order valence-electron chi connectivity index (χ4n) is 7.79. The summed E-state index contributed by atoms with van der Waals surface area (Å²) in [4.78, 5) is 33.5. The maximum atomic E-state index is 13.6. The van der Waals surface area contributed by atoms with E-state index in [4.69, 9.17) is 4.74 Å². The van der Waals surface area contributed by atoms with E-state index in [2.05, 4.69) is 9.88 Å². The Hall–Kier alpha value is -2.21. The third-order valence-electron chi connectivity index (χ3n) is 9.45. The maximum Gasteiger partial charge on any atom is 0.362 e. The Labute approximate surface area is 201 Å². The summed E-state index contributed by atoms with van der Waals surface area (Å²) < 4.78 is 7.10. The van der Waals surface area contributed by atoms with Crippen molar-refractivity contribution in [2.24, 2.45) is 5.41 Å². The van der Waals surface area contributed by atoms with E-state index >= 15 is 0 Å². The molecular formula is C28H37N3O3. The van der Waals surface area contributed by atoms with Crippen molar-refractivity contribution in [1.82, 2.24) is 14.5 Å². The number of fused-ring (bicyclic) bond motifs is 1. The van der Waals surface area contributed by atoms with E-state index in [0.717, 1.165) is 11.9 Å². The van der Waals surface area contributed by atoms with Gasteiger partial charge in [0.05, 0.1) is 17.6 Å². The Kier molecular flexibility index (Phi) is 5.75. The van der Waals surface area contributed by atoms with Gasteiger partial charge in [0.15, 0.2) is 0 Å². The summed E-state index contributed by atoms with van der Waals surface area (Å²) in [5, 5.41) is 0. The van der Waals surface area contributed by atoms with Crippen molar-refractivity contribution in [3.63, 3.8) is 0 Å². The molecule has 1 aromatic carbocycles. The van der Waals surface area contributed by atoms with Crippen LogP contribution in [0.15, 0.2) is 29.1 Å². The maximum absolute atomic E-state index is 13.6. The first-order valence-corrected chi connectivity index (χ1v) is 13.6. The molecule has 6 nitrogen and oxygen atoms in total. The third kappa shape index (κ3) is 3.20. The Morgan fingerprint density at radius 3 is 2.35 bits per heavy atom. The number of carbonyl (C=O) groups is 1. The first-order valence-electron chi connectivity index (χ1n) is 13.6. The molecule has 1 aromatic heterocycles. The van der Waals surface area contributed by atoms with Gasteiger partial charge in [-0.2, -0.15) is 0 Å². The predicted octanol–water partition coefficient (Wildman–Crippen LogP) is 5.24. The van der Waals surface area contributed by atoms with Crippen molar-refractivity contribution in [1.29, 1.82) is 0 Å². The number of nitrogens with zero attached hydrogens (tertiary/aromatic N) is 3. The summed E-state index contributed by atoms with van der Waals surface area (Å²) in [6.45, 7) is 1.99. The summed E-state index contributed by atoms with van der Waals surface area (Å²) in [5.41, 5.74) is 1.40. The van der Waals surface area contributed by atoms with E-state index in [1.54, 1.807) is 6.92 Å². The van der Waals surface area contributed by atoms with E-state index in [1.807, 2.05) is 28.8 Å². The number of carbonyl (C=O) groups excluding carboxylic acids is 1. The molecule has 0 radical (unpaired) electrons. The van der Waals surface area contributed by atoms with Crippen LogP contribution in [0.4, 0.5) is 0 Å². The number of likely N-dealkylation sites (tertiary alicyclic amines) is 1. The van der Waals surface area contributed by atoms with Gasteiger partial charge in [0.2, 0.25) is 5.69 Å². The summed E-state index contributed by atoms with van der Waals surface area (Å²) in [7, 11) is 0. The zero-order valence-electron chi connectivity index (χ0n) is 20.4. The van der Waals surface area contributed by atoms with Gasteiger partial charge in [0, 0.05) is 29.6 Å². The lowest BCUT2D eigenvalue weighted by Crippen LogP contribution is -2.86. The summed E-state index contributed by atoms with van der Waals surface area (Å²) in [6.07, 6.45) is 15.8. The molecule has 6 rings (SSSR count). The molecule has 1 aliphatic heterocycles. The Morgan fingerprint density at radius 2 is 1.71 bits per heavy atom. The van der Waals surface area contributed by atoms with Crippen LogP contribution >= 0.6 is 0 Å². The highest BCUT2D eigenvalue weighted by Crippen LogP contribution is 2.73. The second-order valence-electron chi connectivity index (χ2n) is 10.9. The molecule has 0 bridgehead atoms. The zero-order valence-corrected chi connectivity index (χ0v) is 20.4. The van der Waals surface area contributed by atoms with E-state index in [9.17, 15) is 9.59 Å². The number of benzene rings is 1. The van der Waals surface area contributed by atoms with Crippen LogP contribution in [0.3, 0.4) is 0 Å². The van der Waals surface area contributed by atoms with Crippen LogP contribution in [-0.2, 0) is 4.74 Å². The van der Waals surface area contributed by atoms with Crippen molar-refractivity contribution in [2.75, 3.05) is 6.61 Å². The first kappa shape index (κ1) is 22.3. The van der Waals surface area contributed by atoms with Gasteiger partial charge in [0.25, 0.3) is 5.56 Å². The minimum absolute atomic E-state index is 0.0696. The molecule has 1 spiro atoms. The molecule has 0 N–H and O–H groups in total. The van der Waals surface area contributed by atoms with Crippen LogP contribution in [0.5, 0.6) is 0 Å². The van der Waals surface area contributed by atoms with Crippen LogP contribution in [-0.4, -0.2) is 45.2 Å². The van der Waals surface area contributed by atoms with Gasteiger partial charge in [-0.15, -0.1) is 0 Å². The third-order valence-corrected chi connectivity index (χ3v) is 9.45.